The van der Waals surface area contributed by atoms with Crippen molar-refractivity contribution in [1.82, 2.24) is 14.8 Å². The molecule has 0 unspecified atom stereocenters. The molecule has 0 amide bonds. The Hall–Kier alpha value is -1.35. The van der Waals surface area contributed by atoms with Crippen LogP contribution < -0.4 is 0 Å². The first-order chi connectivity index (χ1) is 8.31. The monoisotopic (exact) mass is 249 g/mol. The number of rotatable bonds is 4. The highest BCUT2D eigenvalue weighted by molar-refractivity contribution is 6.16. The number of aryl methyl sites for hydroxylation is 2. The minimum absolute atomic E-state index is 0.376. The lowest BCUT2D eigenvalue weighted by Gasteiger charge is -2.14. The van der Waals surface area contributed by atoms with Crippen LogP contribution in [0.15, 0.2) is 24.5 Å². The van der Waals surface area contributed by atoms with Crippen molar-refractivity contribution in [3.63, 3.8) is 0 Å². The Kier molecular flexibility index (Phi) is 3.79. The third-order valence-electron chi connectivity index (χ3n) is 2.94. The highest BCUT2D eigenvalue weighted by atomic mass is 35.5. The zero-order valence-electron chi connectivity index (χ0n) is 10.2. The third kappa shape index (κ3) is 2.20. The van der Waals surface area contributed by atoms with E-state index in [0.717, 1.165) is 18.7 Å². The summed E-state index contributed by atoms with van der Waals surface area (Å²) in [4.78, 5) is 0. The predicted molar refractivity (Wildman–Crippen MR) is 69.7 cm³/mol. The smallest absolute Gasteiger partial charge is 0.152 e. The summed E-state index contributed by atoms with van der Waals surface area (Å²) >= 11 is 5.89. The second-order valence-electron chi connectivity index (χ2n) is 3.88. The molecule has 0 aliphatic heterocycles. The minimum atomic E-state index is 0.376. The Labute approximate surface area is 106 Å². The van der Waals surface area contributed by atoms with E-state index in [4.69, 9.17) is 11.6 Å². The van der Waals surface area contributed by atoms with Gasteiger partial charge in [-0.15, -0.1) is 21.8 Å². The van der Waals surface area contributed by atoms with Crippen molar-refractivity contribution in [3.05, 3.63) is 41.5 Å². The molecule has 1 aromatic heterocycles. The summed E-state index contributed by atoms with van der Waals surface area (Å²) in [6, 6.07) is 6.39. The van der Waals surface area contributed by atoms with Gasteiger partial charge in [-0.25, -0.2) is 0 Å². The summed E-state index contributed by atoms with van der Waals surface area (Å²) in [6.07, 6.45) is 3.72. The number of hydrogen-bond acceptors (Lipinski definition) is 2. The largest absolute Gasteiger partial charge is 0.284 e. The summed E-state index contributed by atoms with van der Waals surface area (Å²) in [7, 11) is 0. The average molecular weight is 250 g/mol. The molecule has 0 spiro atoms. The van der Waals surface area contributed by atoms with Crippen molar-refractivity contribution in [1.29, 1.82) is 0 Å². The zero-order valence-corrected chi connectivity index (χ0v) is 10.9. The Morgan fingerprint density at radius 1 is 1.18 bits per heavy atom. The average Bonchev–Trinajstić information content (AvgIpc) is 2.85. The number of para-hydroxylation sites is 1. The molecule has 2 aromatic rings. The third-order valence-corrected chi connectivity index (χ3v) is 3.18. The summed E-state index contributed by atoms with van der Waals surface area (Å²) in [5.41, 5.74) is 3.80. The Balaban J connectivity index is 2.64. The maximum absolute atomic E-state index is 5.89. The first-order valence-corrected chi connectivity index (χ1v) is 6.41. The van der Waals surface area contributed by atoms with Gasteiger partial charge in [0.15, 0.2) is 5.82 Å². The van der Waals surface area contributed by atoms with Crippen molar-refractivity contribution in [2.45, 2.75) is 32.6 Å². The lowest BCUT2D eigenvalue weighted by molar-refractivity contribution is 0.908. The molecule has 3 nitrogen and oxygen atoms in total. The number of alkyl halides is 1. The summed E-state index contributed by atoms with van der Waals surface area (Å²) in [6.45, 7) is 4.31. The van der Waals surface area contributed by atoms with E-state index in [1.54, 1.807) is 6.33 Å². The van der Waals surface area contributed by atoms with Gasteiger partial charge in [0, 0.05) is 0 Å². The van der Waals surface area contributed by atoms with Crippen LogP contribution in [-0.2, 0) is 18.7 Å². The van der Waals surface area contributed by atoms with E-state index in [9.17, 15) is 0 Å². The number of benzene rings is 1. The molecule has 1 heterocycles. The number of nitrogens with zero attached hydrogens (tertiary/aromatic N) is 3. The number of halogens is 1. The van der Waals surface area contributed by atoms with Crippen LogP contribution in [-0.4, -0.2) is 14.8 Å². The van der Waals surface area contributed by atoms with E-state index in [0.29, 0.717) is 5.88 Å². The first-order valence-electron chi connectivity index (χ1n) is 5.87. The molecule has 0 saturated carbocycles. The van der Waals surface area contributed by atoms with Crippen molar-refractivity contribution in [2.24, 2.45) is 0 Å². The summed E-state index contributed by atoms with van der Waals surface area (Å²) in [5.74, 6) is 1.17. The molecule has 0 aliphatic rings. The molecule has 1 aromatic carbocycles. The SMILES string of the molecule is CCc1cccc(CC)c1-n1cnnc1CCl. The van der Waals surface area contributed by atoms with Gasteiger partial charge in [-0.1, -0.05) is 32.0 Å². The highest BCUT2D eigenvalue weighted by Gasteiger charge is 2.12. The highest BCUT2D eigenvalue weighted by Crippen LogP contribution is 2.22. The van der Waals surface area contributed by atoms with Gasteiger partial charge >= 0.3 is 0 Å². The fraction of sp³-hybridized carbons (Fsp3) is 0.385. The maximum atomic E-state index is 5.89. The molecule has 0 aliphatic carbocycles. The first kappa shape index (κ1) is 12.1. The van der Waals surface area contributed by atoms with Gasteiger partial charge in [-0.2, -0.15) is 0 Å². The molecule has 0 radical (unpaired) electrons. The molecule has 0 atom stereocenters. The standard InChI is InChI=1S/C13H16ClN3/c1-3-10-6-5-7-11(4-2)13(10)17-9-15-16-12(17)8-14/h5-7,9H,3-4,8H2,1-2H3. The van der Waals surface area contributed by atoms with Crippen LogP contribution in [0.25, 0.3) is 5.69 Å². The molecule has 0 saturated heterocycles. The van der Waals surface area contributed by atoms with Crippen LogP contribution in [0.2, 0.25) is 0 Å². The topological polar surface area (TPSA) is 30.7 Å². The quantitative estimate of drug-likeness (QED) is 0.780. The van der Waals surface area contributed by atoms with Gasteiger partial charge in [0.25, 0.3) is 0 Å². The fourth-order valence-corrected chi connectivity index (χ4v) is 2.24. The lowest BCUT2D eigenvalue weighted by Crippen LogP contribution is -2.05. The minimum Gasteiger partial charge on any atom is -0.284 e. The molecular formula is C13H16ClN3. The normalized spacial score (nSPS) is 10.8. The Morgan fingerprint density at radius 2 is 1.82 bits per heavy atom. The Bertz CT molecular complexity index is 483. The van der Waals surface area contributed by atoms with Crippen molar-refractivity contribution in [3.8, 4) is 5.69 Å². The molecule has 90 valence electrons. The zero-order chi connectivity index (χ0) is 12.3. The summed E-state index contributed by atoms with van der Waals surface area (Å²) < 4.78 is 2.00. The molecule has 0 fully saturated rings. The molecule has 17 heavy (non-hydrogen) atoms. The van der Waals surface area contributed by atoms with Crippen LogP contribution in [0.4, 0.5) is 0 Å². The summed E-state index contributed by atoms with van der Waals surface area (Å²) in [5, 5.41) is 7.99. The van der Waals surface area contributed by atoms with Crippen LogP contribution in [0.1, 0.15) is 30.8 Å². The predicted octanol–water partition coefficient (Wildman–Crippen LogP) is 3.13. The maximum Gasteiger partial charge on any atom is 0.152 e. The molecule has 0 bridgehead atoms. The van der Waals surface area contributed by atoms with Crippen LogP contribution >= 0.6 is 11.6 Å². The number of aromatic nitrogens is 3. The lowest BCUT2D eigenvalue weighted by atomic mass is 10.0. The van der Waals surface area contributed by atoms with Crippen molar-refractivity contribution in [2.75, 3.05) is 0 Å². The van der Waals surface area contributed by atoms with Crippen LogP contribution in [0.5, 0.6) is 0 Å². The van der Waals surface area contributed by atoms with E-state index in [1.165, 1.54) is 16.8 Å². The van der Waals surface area contributed by atoms with Crippen LogP contribution in [0, 0.1) is 0 Å². The number of hydrogen-bond donors (Lipinski definition) is 0. The van der Waals surface area contributed by atoms with E-state index < -0.39 is 0 Å². The van der Waals surface area contributed by atoms with E-state index >= 15 is 0 Å². The molecule has 4 heteroatoms. The van der Waals surface area contributed by atoms with Crippen molar-refractivity contribution < 1.29 is 0 Å². The van der Waals surface area contributed by atoms with Gasteiger partial charge in [0.2, 0.25) is 0 Å². The van der Waals surface area contributed by atoms with Gasteiger partial charge in [0.1, 0.15) is 6.33 Å². The van der Waals surface area contributed by atoms with Crippen LogP contribution in [0.3, 0.4) is 0 Å². The van der Waals surface area contributed by atoms with Gasteiger partial charge in [0.05, 0.1) is 11.6 Å². The van der Waals surface area contributed by atoms with Gasteiger partial charge in [-0.05, 0) is 24.0 Å². The second-order valence-corrected chi connectivity index (χ2v) is 4.15. The molecular weight excluding hydrogens is 234 g/mol. The van der Waals surface area contributed by atoms with Gasteiger partial charge < -0.3 is 0 Å². The Morgan fingerprint density at radius 3 is 2.35 bits per heavy atom. The van der Waals surface area contributed by atoms with E-state index in [1.807, 2.05) is 4.57 Å². The fourth-order valence-electron chi connectivity index (χ4n) is 2.06. The van der Waals surface area contributed by atoms with Crippen molar-refractivity contribution >= 4 is 11.6 Å². The second kappa shape index (κ2) is 5.32. The van der Waals surface area contributed by atoms with Gasteiger partial charge in [-0.3, -0.25) is 4.57 Å². The molecule has 2 rings (SSSR count). The van der Waals surface area contributed by atoms with E-state index in [-0.39, 0.29) is 0 Å². The van der Waals surface area contributed by atoms with E-state index in [2.05, 4.69) is 42.2 Å². The molecule has 0 N–H and O–H groups in total.